The van der Waals surface area contributed by atoms with Crippen molar-refractivity contribution in [1.29, 1.82) is 0 Å². The molecule has 0 aromatic rings. The summed E-state index contributed by atoms with van der Waals surface area (Å²) in [4.78, 5) is 24.5. The molecular weight excluding hydrogens is 861 g/mol. The van der Waals surface area contributed by atoms with Crippen molar-refractivity contribution in [2.45, 2.75) is 302 Å². The van der Waals surface area contributed by atoms with Gasteiger partial charge in [-0.25, -0.2) is 0 Å². The predicted octanol–water partition coefficient (Wildman–Crippen LogP) is 20.5. The maximum absolute atomic E-state index is 12.2. The van der Waals surface area contributed by atoms with Crippen LogP contribution in [0.1, 0.15) is 296 Å². The highest BCUT2D eigenvalue weighted by molar-refractivity contribution is 5.70. The minimum atomic E-state index is -0.816. The lowest BCUT2D eigenvalue weighted by molar-refractivity contribution is -0.161. The van der Waals surface area contributed by atoms with Gasteiger partial charge in [0.15, 0.2) is 6.10 Å². The molecule has 1 atom stereocenters. The van der Waals surface area contributed by atoms with Crippen LogP contribution in [-0.4, -0.2) is 36.4 Å². The second kappa shape index (κ2) is 60.4. The Bertz CT molecular complexity index is 1290. The van der Waals surface area contributed by atoms with Crippen LogP contribution in [-0.2, 0) is 19.1 Å². The number of ether oxygens (including phenoxy) is 2. The molecule has 0 aromatic heterocycles. The number of carbonyl (C=O) groups excluding carboxylic acids is 2. The largest absolute Gasteiger partial charge is 0.462 e. The molecule has 404 valence electrons. The molecule has 1 N–H and O–H groups in total. The summed E-state index contributed by atoms with van der Waals surface area (Å²) in [5, 5.41) is 9.63. The van der Waals surface area contributed by atoms with Gasteiger partial charge in [0, 0.05) is 12.8 Å². The minimum absolute atomic E-state index is 0.0975. The minimum Gasteiger partial charge on any atom is -0.462 e. The lowest BCUT2D eigenvalue weighted by atomic mass is 10.0. The number of hydrogen-bond donors (Lipinski definition) is 1. The molecule has 0 aliphatic heterocycles. The van der Waals surface area contributed by atoms with Crippen LogP contribution < -0.4 is 0 Å². The molecule has 5 heteroatoms. The number of allylic oxidation sites excluding steroid dienone is 14. The molecule has 0 amide bonds. The van der Waals surface area contributed by atoms with Gasteiger partial charge in [-0.3, -0.25) is 9.59 Å². The number of aliphatic hydroxyl groups excluding tert-OH is 1. The zero-order valence-electron chi connectivity index (χ0n) is 46.3. The lowest BCUT2D eigenvalue weighted by Crippen LogP contribution is -2.28. The van der Waals surface area contributed by atoms with Gasteiger partial charge in [-0.2, -0.15) is 0 Å². The highest BCUT2D eigenvalue weighted by atomic mass is 16.6. The molecule has 0 fully saturated rings. The smallest absolute Gasteiger partial charge is 0.306 e. The van der Waals surface area contributed by atoms with Gasteiger partial charge >= 0.3 is 11.9 Å². The van der Waals surface area contributed by atoms with E-state index < -0.39 is 12.1 Å². The van der Waals surface area contributed by atoms with Gasteiger partial charge in [-0.15, -0.1) is 0 Å². The van der Waals surface area contributed by atoms with Crippen molar-refractivity contribution < 1.29 is 24.2 Å². The first-order valence-electron chi connectivity index (χ1n) is 30.1. The third-order valence-electron chi connectivity index (χ3n) is 13.2. The van der Waals surface area contributed by atoms with Crippen LogP contribution >= 0.6 is 0 Å². The first-order valence-corrected chi connectivity index (χ1v) is 30.1. The van der Waals surface area contributed by atoms with E-state index in [9.17, 15) is 14.7 Å². The Morgan fingerprint density at radius 2 is 0.643 bits per heavy atom. The van der Waals surface area contributed by atoms with Crippen molar-refractivity contribution in [1.82, 2.24) is 0 Å². The van der Waals surface area contributed by atoms with Crippen LogP contribution in [0.15, 0.2) is 85.1 Å². The zero-order chi connectivity index (χ0) is 50.6. The summed E-state index contributed by atoms with van der Waals surface area (Å²) in [5.74, 6) is -0.682. The van der Waals surface area contributed by atoms with Crippen LogP contribution in [0.4, 0.5) is 0 Å². The number of hydrogen-bond acceptors (Lipinski definition) is 5. The quantitative estimate of drug-likeness (QED) is 0.0373. The Kier molecular flexibility index (Phi) is 57.9. The first-order chi connectivity index (χ1) is 34.6. The van der Waals surface area contributed by atoms with Crippen LogP contribution in [0, 0.1) is 0 Å². The monoisotopic (exact) mass is 975 g/mol. The number of unbranched alkanes of at least 4 members (excludes halogenated alkanes) is 33. The van der Waals surface area contributed by atoms with E-state index in [-0.39, 0.29) is 25.6 Å². The van der Waals surface area contributed by atoms with E-state index in [0.717, 1.165) is 57.8 Å². The molecule has 0 aromatic carbocycles. The van der Waals surface area contributed by atoms with Crippen molar-refractivity contribution in [2.24, 2.45) is 0 Å². The SMILES string of the molecule is CC/C=C\C/C=C\C/C=C\C/C=C\C/C=C\C/C=C\CCC(=O)OC(CO)COC(=O)CCCCCCCCCCCCCCCCCCCCCCCCCCC/C=C\CCCCCCCCCC. The third-order valence-corrected chi connectivity index (χ3v) is 13.2. The van der Waals surface area contributed by atoms with Crippen molar-refractivity contribution in [3.05, 3.63) is 85.1 Å². The molecule has 0 radical (unpaired) electrons. The van der Waals surface area contributed by atoms with E-state index in [0.29, 0.717) is 12.8 Å². The molecule has 1 unspecified atom stereocenters. The molecule has 0 aliphatic carbocycles. The van der Waals surface area contributed by atoms with Crippen molar-refractivity contribution >= 4 is 11.9 Å². The summed E-state index contributed by atoms with van der Waals surface area (Å²) < 4.78 is 10.6. The van der Waals surface area contributed by atoms with Gasteiger partial charge in [-0.1, -0.05) is 292 Å². The maximum Gasteiger partial charge on any atom is 0.306 e. The zero-order valence-corrected chi connectivity index (χ0v) is 46.3. The number of carbonyl (C=O) groups is 2. The third kappa shape index (κ3) is 57.7. The van der Waals surface area contributed by atoms with Crippen LogP contribution in [0.5, 0.6) is 0 Å². The first kappa shape index (κ1) is 67.1. The Hall–Kier alpha value is -2.92. The average molecular weight is 976 g/mol. The highest BCUT2D eigenvalue weighted by Crippen LogP contribution is 2.17. The summed E-state index contributed by atoms with van der Waals surface area (Å²) in [6.07, 6.45) is 84.6. The van der Waals surface area contributed by atoms with Crippen LogP contribution in [0.2, 0.25) is 0 Å². The fourth-order valence-corrected chi connectivity index (χ4v) is 8.70. The van der Waals surface area contributed by atoms with Gasteiger partial charge in [0.1, 0.15) is 6.61 Å². The molecule has 0 bridgehead atoms. The Balaban J connectivity index is 3.46. The highest BCUT2D eigenvalue weighted by Gasteiger charge is 2.16. The lowest BCUT2D eigenvalue weighted by Gasteiger charge is -2.15. The van der Waals surface area contributed by atoms with Gasteiger partial charge in [0.25, 0.3) is 0 Å². The molecule has 0 saturated carbocycles. The summed E-state index contributed by atoms with van der Waals surface area (Å²) in [7, 11) is 0. The number of aliphatic hydroxyl groups is 1. The molecule has 0 spiro atoms. The summed E-state index contributed by atoms with van der Waals surface area (Å²) in [6, 6.07) is 0. The predicted molar refractivity (Wildman–Crippen MR) is 306 cm³/mol. The van der Waals surface area contributed by atoms with E-state index in [1.807, 2.05) is 12.2 Å². The van der Waals surface area contributed by atoms with Crippen LogP contribution in [0.3, 0.4) is 0 Å². The van der Waals surface area contributed by atoms with Crippen molar-refractivity contribution in [3.63, 3.8) is 0 Å². The van der Waals surface area contributed by atoms with E-state index in [2.05, 4.69) is 86.8 Å². The molecule has 0 saturated heterocycles. The van der Waals surface area contributed by atoms with Gasteiger partial charge in [0.2, 0.25) is 0 Å². The van der Waals surface area contributed by atoms with Gasteiger partial charge < -0.3 is 14.6 Å². The second-order valence-electron chi connectivity index (χ2n) is 20.0. The summed E-state index contributed by atoms with van der Waals surface area (Å²) in [6.45, 7) is 3.99. The van der Waals surface area contributed by atoms with Crippen molar-refractivity contribution in [3.8, 4) is 0 Å². The summed E-state index contributed by atoms with van der Waals surface area (Å²) in [5.41, 5.74) is 0. The van der Waals surface area contributed by atoms with E-state index in [1.165, 1.54) is 205 Å². The van der Waals surface area contributed by atoms with Crippen LogP contribution in [0.25, 0.3) is 0 Å². The van der Waals surface area contributed by atoms with Gasteiger partial charge in [-0.05, 0) is 77.0 Å². The normalized spacial score (nSPS) is 12.8. The fourth-order valence-electron chi connectivity index (χ4n) is 8.70. The average Bonchev–Trinajstić information content (AvgIpc) is 3.36. The Morgan fingerprint density at radius 3 is 0.986 bits per heavy atom. The number of esters is 2. The maximum atomic E-state index is 12.2. The molecule has 0 aliphatic rings. The van der Waals surface area contributed by atoms with E-state index in [1.54, 1.807) is 0 Å². The Morgan fingerprint density at radius 1 is 0.343 bits per heavy atom. The molecule has 5 nitrogen and oxygen atoms in total. The van der Waals surface area contributed by atoms with Crippen molar-refractivity contribution in [2.75, 3.05) is 13.2 Å². The second-order valence-corrected chi connectivity index (χ2v) is 20.0. The topological polar surface area (TPSA) is 72.8 Å². The molecule has 0 heterocycles. The molecule has 70 heavy (non-hydrogen) atoms. The summed E-state index contributed by atoms with van der Waals surface area (Å²) >= 11 is 0. The van der Waals surface area contributed by atoms with Gasteiger partial charge in [0.05, 0.1) is 6.61 Å². The molecule has 0 rings (SSSR count). The number of rotatable bonds is 55. The Labute approximate surface area is 435 Å². The van der Waals surface area contributed by atoms with E-state index in [4.69, 9.17) is 9.47 Å². The standard InChI is InChI=1S/C65H114O5/c1-3-5-7-9-11-13-15-17-19-21-23-24-25-26-27-28-29-30-31-32-33-34-35-36-37-38-39-40-42-43-45-47-49-51-53-55-57-59-64(67)69-62-63(61-66)70-65(68)60-58-56-54-52-50-48-46-44-41-22-20-18-16-14-12-10-8-6-4-2/h6,8,12,14,18,20-21,23,41,44,48,50,54,56,63,66H,3-5,7,9-11,13,15-17,19,22,24-40,42-43,45-47,49,51-53,55,57-62H2,1-2H3/b8-6-,14-12-,20-18-,23-21-,44-41-,50-48-,56-54-. The molecular formula is C65H114O5. The van der Waals surface area contributed by atoms with E-state index >= 15 is 0 Å². The fraction of sp³-hybridized carbons (Fsp3) is 0.754.